The summed E-state index contributed by atoms with van der Waals surface area (Å²) in [6, 6.07) is 1.45. The van der Waals surface area contributed by atoms with Crippen molar-refractivity contribution in [2.24, 2.45) is 0 Å². The van der Waals surface area contributed by atoms with E-state index in [2.05, 4.69) is 20.1 Å². The van der Waals surface area contributed by atoms with Crippen LogP contribution in [0.5, 0.6) is 0 Å². The van der Waals surface area contributed by atoms with Gasteiger partial charge in [0, 0.05) is 12.1 Å². The van der Waals surface area contributed by atoms with Crippen molar-refractivity contribution in [1.29, 1.82) is 0 Å². The quantitative estimate of drug-likeness (QED) is 0.748. The molecule has 3 heterocycles. The van der Waals surface area contributed by atoms with E-state index in [4.69, 9.17) is 0 Å². The van der Waals surface area contributed by atoms with Crippen LogP contribution in [0.15, 0.2) is 4.79 Å². The number of nitrogens with one attached hydrogen (secondary N) is 2. The van der Waals surface area contributed by atoms with Gasteiger partial charge >= 0.3 is 5.69 Å². The van der Waals surface area contributed by atoms with Gasteiger partial charge < -0.3 is 0 Å². The highest BCUT2D eigenvalue weighted by molar-refractivity contribution is 4.94. The van der Waals surface area contributed by atoms with Gasteiger partial charge in [-0.25, -0.2) is 9.89 Å². The first kappa shape index (κ1) is 9.15. The minimum atomic E-state index is -0.200. The molecule has 1 aromatic heterocycles. The predicted octanol–water partition coefficient (Wildman–Crippen LogP) is 0.615. The fourth-order valence-corrected chi connectivity index (χ4v) is 3.04. The summed E-state index contributed by atoms with van der Waals surface area (Å²) >= 11 is 0. The number of aromatic amines is 2. The van der Waals surface area contributed by atoms with Crippen molar-refractivity contribution in [3.05, 3.63) is 16.3 Å². The molecule has 2 aliphatic heterocycles. The van der Waals surface area contributed by atoms with Gasteiger partial charge in [0.25, 0.3) is 0 Å². The Morgan fingerprint density at radius 3 is 2.60 bits per heavy atom. The lowest BCUT2D eigenvalue weighted by molar-refractivity contribution is 0.129. The van der Waals surface area contributed by atoms with Gasteiger partial charge in [0.15, 0.2) is 0 Å². The van der Waals surface area contributed by atoms with Crippen molar-refractivity contribution in [1.82, 2.24) is 20.1 Å². The first-order chi connectivity index (χ1) is 7.33. The minimum absolute atomic E-state index is 0.200. The molecular formula is C10H16N4O. The molecule has 15 heavy (non-hydrogen) atoms. The molecule has 2 aliphatic rings. The van der Waals surface area contributed by atoms with Crippen LogP contribution >= 0.6 is 0 Å². The molecule has 3 rings (SSSR count). The average Bonchev–Trinajstić information content (AvgIpc) is 2.71. The lowest BCUT2D eigenvalue weighted by Crippen LogP contribution is -2.39. The average molecular weight is 208 g/mol. The number of rotatable bonds is 2. The lowest BCUT2D eigenvalue weighted by Gasteiger charge is -2.33. The van der Waals surface area contributed by atoms with Crippen LogP contribution in [0.2, 0.25) is 0 Å². The maximum absolute atomic E-state index is 10.9. The Balaban J connectivity index is 1.75. The monoisotopic (exact) mass is 208 g/mol. The SMILES string of the molecule is O=c1[nH]nc(CN2C3CCCC2CC3)[nH]1. The molecule has 0 aliphatic carbocycles. The zero-order valence-electron chi connectivity index (χ0n) is 8.70. The van der Waals surface area contributed by atoms with Crippen molar-refractivity contribution >= 4 is 0 Å². The lowest BCUT2D eigenvalue weighted by atomic mass is 10.0. The molecule has 5 nitrogen and oxygen atoms in total. The molecule has 2 unspecified atom stereocenters. The third-order valence-electron chi connectivity index (χ3n) is 3.73. The molecule has 0 radical (unpaired) electrons. The highest BCUT2D eigenvalue weighted by Crippen LogP contribution is 2.35. The molecule has 82 valence electrons. The van der Waals surface area contributed by atoms with E-state index in [-0.39, 0.29) is 5.69 Å². The standard InChI is InChI=1S/C10H16N4O/c15-10-11-9(12-13-10)6-14-7-2-1-3-8(14)5-4-7/h7-8H,1-6H2,(H2,11,12,13,15). The van der Waals surface area contributed by atoms with E-state index in [9.17, 15) is 4.79 Å². The Morgan fingerprint density at radius 1 is 1.27 bits per heavy atom. The number of hydrogen-bond acceptors (Lipinski definition) is 3. The van der Waals surface area contributed by atoms with Crippen molar-refractivity contribution < 1.29 is 0 Å². The van der Waals surface area contributed by atoms with Crippen molar-refractivity contribution in [2.75, 3.05) is 0 Å². The fraction of sp³-hybridized carbons (Fsp3) is 0.800. The summed E-state index contributed by atoms with van der Waals surface area (Å²) in [6.45, 7) is 0.800. The van der Waals surface area contributed by atoms with Gasteiger partial charge in [-0.15, -0.1) is 0 Å². The molecular weight excluding hydrogens is 192 g/mol. The van der Waals surface area contributed by atoms with Gasteiger partial charge in [-0.1, -0.05) is 6.42 Å². The van der Waals surface area contributed by atoms with Crippen molar-refractivity contribution in [3.8, 4) is 0 Å². The maximum atomic E-state index is 10.9. The summed E-state index contributed by atoms with van der Waals surface area (Å²) in [5.74, 6) is 0.777. The Bertz CT molecular complexity index is 380. The predicted molar refractivity (Wildman–Crippen MR) is 55.4 cm³/mol. The second kappa shape index (κ2) is 3.48. The topological polar surface area (TPSA) is 64.8 Å². The zero-order valence-corrected chi connectivity index (χ0v) is 8.70. The maximum Gasteiger partial charge on any atom is 0.340 e. The van der Waals surface area contributed by atoms with Crippen LogP contribution < -0.4 is 5.69 Å². The minimum Gasteiger partial charge on any atom is -0.292 e. The molecule has 1 aromatic rings. The van der Waals surface area contributed by atoms with Crippen LogP contribution in [0.25, 0.3) is 0 Å². The number of piperidine rings is 1. The van der Waals surface area contributed by atoms with Crippen LogP contribution in [0.3, 0.4) is 0 Å². The summed E-state index contributed by atoms with van der Waals surface area (Å²) in [4.78, 5) is 16.2. The normalized spacial score (nSPS) is 30.9. The summed E-state index contributed by atoms with van der Waals surface area (Å²) in [7, 11) is 0. The van der Waals surface area contributed by atoms with E-state index in [1.54, 1.807) is 0 Å². The van der Waals surface area contributed by atoms with Crippen LogP contribution in [0.4, 0.5) is 0 Å². The van der Waals surface area contributed by atoms with E-state index in [0.29, 0.717) is 0 Å². The van der Waals surface area contributed by atoms with Crippen molar-refractivity contribution in [2.45, 2.75) is 50.7 Å². The van der Waals surface area contributed by atoms with Gasteiger partial charge in [-0.2, -0.15) is 5.10 Å². The van der Waals surface area contributed by atoms with Gasteiger partial charge in [0.2, 0.25) is 0 Å². The third kappa shape index (κ3) is 1.61. The highest BCUT2D eigenvalue weighted by atomic mass is 16.1. The van der Waals surface area contributed by atoms with Crippen LogP contribution in [-0.4, -0.2) is 32.2 Å². The summed E-state index contributed by atoms with van der Waals surface area (Å²) in [6.07, 6.45) is 6.62. The van der Waals surface area contributed by atoms with E-state index in [0.717, 1.165) is 24.5 Å². The van der Waals surface area contributed by atoms with Gasteiger partial charge in [0.05, 0.1) is 6.54 Å². The summed E-state index contributed by atoms with van der Waals surface area (Å²) in [5, 5.41) is 6.39. The Labute approximate surface area is 87.9 Å². The zero-order chi connectivity index (χ0) is 10.3. The first-order valence-electron chi connectivity index (χ1n) is 5.72. The molecule has 0 spiro atoms. The summed E-state index contributed by atoms with van der Waals surface area (Å²) < 4.78 is 0. The van der Waals surface area contributed by atoms with E-state index >= 15 is 0 Å². The second-order valence-electron chi connectivity index (χ2n) is 4.61. The van der Waals surface area contributed by atoms with Gasteiger partial charge in [-0.3, -0.25) is 9.88 Å². The number of fused-ring (bicyclic) bond motifs is 2. The molecule has 5 heteroatoms. The molecule has 0 saturated carbocycles. The third-order valence-corrected chi connectivity index (χ3v) is 3.73. The molecule has 2 atom stereocenters. The first-order valence-corrected chi connectivity index (χ1v) is 5.72. The highest BCUT2D eigenvalue weighted by Gasteiger charge is 2.36. The molecule has 0 aromatic carbocycles. The Kier molecular flexibility index (Phi) is 2.12. The van der Waals surface area contributed by atoms with Gasteiger partial charge in [-0.05, 0) is 25.7 Å². The van der Waals surface area contributed by atoms with E-state index in [1.807, 2.05) is 0 Å². The molecule has 2 N–H and O–H groups in total. The Morgan fingerprint density at radius 2 is 2.00 bits per heavy atom. The largest absolute Gasteiger partial charge is 0.340 e. The van der Waals surface area contributed by atoms with E-state index < -0.39 is 0 Å². The fourth-order valence-electron chi connectivity index (χ4n) is 3.04. The number of nitrogens with zero attached hydrogens (tertiary/aromatic N) is 2. The van der Waals surface area contributed by atoms with Crippen LogP contribution in [-0.2, 0) is 6.54 Å². The summed E-state index contributed by atoms with van der Waals surface area (Å²) in [5.41, 5.74) is -0.200. The Hall–Kier alpha value is -1.10. The smallest absolute Gasteiger partial charge is 0.292 e. The van der Waals surface area contributed by atoms with Crippen LogP contribution in [0.1, 0.15) is 37.9 Å². The second-order valence-corrected chi connectivity index (χ2v) is 4.61. The van der Waals surface area contributed by atoms with Gasteiger partial charge in [0.1, 0.15) is 5.82 Å². The number of aromatic nitrogens is 3. The van der Waals surface area contributed by atoms with E-state index in [1.165, 1.54) is 32.1 Å². The molecule has 2 saturated heterocycles. The molecule has 2 fully saturated rings. The molecule has 2 bridgehead atoms. The number of hydrogen-bond donors (Lipinski definition) is 2. The van der Waals surface area contributed by atoms with Crippen molar-refractivity contribution in [3.63, 3.8) is 0 Å². The van der Waals surface area contributed by atoms with Crippen LogP contribution in [0, 0.1) is 0 Å². The molecule has 0 amide bonds. The number of H-pyrrole nitrogens is 2.